The van der Waals surface area contributed by atoms with Crippen LogP contribution in [0.3, 0.4) is 0 Å². The van der Waals surface area contributed by atoms with Gasteiger partial charge in [-0.25, -0.2) is 9.59 Å². The van der Waals surface area contributed by atoms with Crippen LogP contribution in [0.25, 0.3) is 0 Å². The predicted molar refractivity (Wildman–Crippen MR) is 66.5 cm³/mol. The van der Waals surface area contributed by atoms with Crippen LogP contribution in [0.15, 0.2) is 18.2 Å². The van der Waals surface area contributed by atoms with Crippen LogP contribution in [0.1, 0.15) is 12.0 Å². The number of benzene rings is 1. The molecule has 2 aliphatic heterocycles. The summed E-state index contributed by atoms with van der Waals surface area (Å²) in [6.45, 7) is 0. The Bertz CT molecular complexity index is 647. The molecule has 0 aromatic heterocycles. The van der Waals surface area contributed by atoms with E-state index < -0.39 is 29.6 Å². The molecule has 3 amide bonds. The summed E-state index contributed by atoms with van der Waals surface area (Å²) >= 11 is 5.91. The monoisotopic (exact) mass is 296 g/mol. The number of hydrogen-bond acceptors (Lipinski definition) is 4. The van der Waals surface area contributed by atoms with Gasteiger partial charge in [-0.05, 0) is 18.2 Å². The van der Waals surface area contributed by atoms with Crippen molar-refractivity contribution in [2.45, 2.75) is 18.1 Å². The Balaban J connectivity index is 2.18. The molecule has 0 saturated carbocycles. The molecule has 1 aromatic carbocycles. The zero-order valence-corrected chi connectivity index (χ0v) is 10.7. The van der Waals surface area contributed by atoms with Gasteiger partial charge >= 0.3 is 12.0 Å². The maximum atomic E-state index is 12.1. The summed E-state index contributed by atoms with van der Waals surface area (Å²) in [6, 6.07) is 3.81. The van der Waals surface area contributed by atoms with Gasteiger partial charge in [-0.15, -0.1) is 0 Å². The maximum absolute atomic E-state index is 12.1. The van der Waals surface area contributed by atoms with E-state index in [1.165, 1.54) is 18.2 Å². The van der Waals surface area contributed by atoms with Gasteiger partial charge in [-0.1, -0.05) is 11.6 Å². The Morgan fingerprint density at radius 3 is 2.80 bits per heavy atom. The number of imide groups is 1. The molecule has 7 nitrogen and oxygen atoms in total. The first kappa shape index (κ1) is 12.7. The minimum absolute atomic E-state index is 0.201. The van der Waals surface area contributed by atoms with Crippen molar-refractivity contribution in [2.75, 3.05) is 0 Å². The van der Waals surface area contributed by atoms with Crippen LogP contribution in [-0.2, 0) is 15.1 Å². The zero-order valence-electron chi connectivity index (χ0n) is 9.97. The van der Waals surface area contributed by atoms with Crippen molar-refractivity contribution in [3.63, 3.8) is 0 Å². The van der Waals surface area contributed by atoms with E-state index in [4.69, 9.17) is 21.4 Å². The lowest BCUT2D eigenvalue weighted by Gasteiger charge is -2.35. The molecule has 2 aliphatic rings. The zero-order chi connectivity index (χ0) is 14.5. The number of carbonyl (C=O) groups excluding carboxylic acids is 2. The van der Waals surface area contributed by atoms with Gasteiger partial charge in [0.05, 0.1) is 0 Å². The van der Waals surface area contributed by atoms with Crippen LogP contribution < -0.4 is 15.4 Å². The summed E-state index contributed by atoms with van der Waals surface area (Å²) in [5.41, 5.74) is -1.11. The third-order valence-corrected chi connectivity index (χ3v) is 3.61. The lowest BCUT2D eigenvalue weighted by atomic mass is 9.82. The second-order valence-corrected chi connectivity index (χ2v) is 5.04. The van der Waals surface area contributed by atoms with Crippen molar-refractivity contribution >= 4 is 29.5 Å². The Morgan fingerprint density at radius 2 is 2.20 bits per heavy atom. The third kappa shape index (κ3) is 1.70. The number of rotatable bonds is 1. The number of halogens is 1. The molecule has 1 spiro atoms. The summed E-state index contributed by atoms with van der Waals surface area (Å²) in [7, 11) is 0. The lowest BCUT2D eigenvalue weighted by molar-refractivity contribution is -0.147. The first-order chi connectivity index (χ1) is 9.42. The Morgan fingerprint density at radius 1 is 1.45 bits per heavy atom. The summed E-state index contributed by atoms with van der Waals surface area (Å²) in [4.78, 5) is 34.7. The summed E-state index contributed by atoms with van der Waals surface area (Å²) < 4.78 is 5.33. The average molecular weight is 297 g/mol. The molecule has 2 unspecified atom stereocenters. The first-order valence-corrected chi connectivity index (χ1v) is 6.13. The molecule has 20 heavy (non-hydrogen) atoms. The van der Waals surface area contributed by atoms with Gasteiger partial charge in [0, 0.05) is 17.0 Å². The minimum atomic E-state index is -1.46. The molecule has 0 radical (unpaired) electrons. The van der Waals surface area contributed by atoms with Crippen LogP contribution in [0, 0.1) is 0 Å². The van der Waals surface area contributed by atoms with E-state index in [2.05, 4.69) is 10.6 Å². The van der Waals surface area contributed by atoms with Gasteiger partial charge in [-0.3, -0.25) is 10.1 Å². The highest BCUT2D eigenvalue weighted by molar-refractivity contribution is 6.30. The first-order valence-electron chi connectivity index (χ1n) is 5.75. The molecule has 8 heteroatoms. The fraction of sp³-hybridized carbons (Fsp3) is 0.250. The topological polar surface area (TPSA) is 105 Å². The normalized spacial score (nSPS) is 27.6. The second-order valence-electron chi connectivity index (χ2n) is 4.60. The fourth-order valence-electron chi connectivity index (χ4n) is 2.48. The summed E-state index contributed by atoms with van der Waals surface area (Å²) in [6.07, 6.45) is -1.43. The number of fused-ring (bicyclic) bond motifs is 2. The molecule has 1 aromatic rings. The van der Waals surface area contributed by atoms with E-state index in [-0.39, 0.29) is 12.2 Å². The molecule has 0 bridgehead atoms. The number of nitrogens with one attached hydrogen (secondary N) is 2. The van der Waals surface area contributed by atoms with Gasteiger partial charge in [0.25, 0.3) is 5.91 Å². The molecule has 1 saturated heterocycles. The number of hydrogen-bond donors (Lipinski definition) is 3. The van der Waals surface area contributed by atoms with E-state index in [0.29, 0.717) is 10.6 Å². The average Bonchev–Trinajstić information content (AvgIpc) is 2.65. The number of amides is 3. The molecule has 104 valence electrons. The molecular formula is C12H9ClN2O5. The Kier molecular flexibility index (Phi) is 2.62. The van der Waals surface area contributed by atoms with Gasteiger partial charge in [0.1, 0.15) is 5.75 Å². The summed E-state index contributed by atoms with van der Waals surface area (Å²) in [5.74, 6) is -1.61. The number of ether oxygens (including phenoxy) is 1. The lowest BCUT2D eigenvalue weighted by Crippen LogP contribution is -2.52. The largest absolute Gasteiger partial charge is 0.479 e. The standard InChI is InChI=1S/C12H9ClN2O5/c13-5-1-2-7-6(3-5)12(4-8(20-7)9(16)17)10(18)14-11(19)15-12/h1-3,8H,4H2,(H,16,17)(H2,14,15,18,19). The Labute approximate surface area is 117 Å². The van der Waals surface area contributed by atoms with Gasteiger partial charge < -0.3 is 15.2 Å². The van der Waals surface area contributed by atoms with E-state index >= 15 is 0 Å². The van der Waals surface area contributed by atoms with Crippen molar-refractivity contribution in [3.8, 4) is 5.75 Å². The molecule has 0 aliphatic carbocycles. The third-order valence-electron chi connectivity index (χ3n) is 3.38. The highest BCUT2D eigenvalue weighted by Crippen LogP contribution is 2.42. The van der Waals surface area contributed by atoms with Crippen molar-refractivity contribution in [2.24, 2.45) is 0 Å². The highest BCUT2D eigenvalue weighted by Gasteiger charge is 2.54. The van der Waals surface area contributed by atoms with Gasteiger partial charge in [-0.2, -0.15) is 0 Å². The van der Waals surface area contributed by atoms with E-state index in [0.717, 1.165) is 0 Å². The van der Waals surface area contributed by atoms with E-state index in [1.807, 2.05) is 0 Å². The number of carboxylic acid groups (broad SMARTS) is 1. The van der Waals surface area contributed by atoms with Crippen LogP contribution in [-0.4, -0.2) is 29.1 Å². The molecule has 3 rings (SSSR count). The Hall–Kier alpha value is -2.28. The van der Waals surface area contributed by atoms with Crippen LogP contribution in [0.2, 0.25) is 5.02 Å². The number of carbonyl (C=O) groups is 3. The SMILES string of the molecule is O=C1NC(=O)C2(CC(C(=O)O)Oc3ccc(Cl)cc32)N1. The van der Waals surface area contributed by atoms with Gasteiger partial charge in [0.2, 0.25) is 0 Å². The van der Waals surface area contributed by atoms with Crippen LogP contribution in [0.5, 0.6) is 5.75 Å². The van der Waals surface area contributed by atoms with Crippen molar-refractivity contribution in [1.82, 2.24) is 10.6 Å². The molecule has 2 heterocycles. The molecule has 2 atom stereocenters. The van der Waals surface area contributed by atoms with Crippen molar-refractivity contribution in [1.29, 1.82) is 0 Å². The smallest absolute Gasteiger partial charge is 0.345 e. The number of aliphatic carboxylic acids is 1. The number of urea groups is 1. The maximum Gasteiger partial charge on any atom is 0.345 e. The minimum Gasteiger partial charge on any atom is -0.479 e. The molecular weight excluding hydrogens is 288 g/mol. The van der Waals surface area contributed by atoms with Crippen LogP contribution in [0.4, 0.5) is 4.79 Å². The number of carboxylic acids is 1. The molecule has 1 fully saturated rings. The van der Waals surface area contributed by atoms with E-state index in [9.17, 15) is 14.4 Å². The fourth-order valence-corrected chi connectivity index (χ4v) is 2.66. The second kappa shape index (κ2) is 4.11. The van der Waals surface area contributed by atoms with Crippen molar-refractivity contribution in [3.05, 3.63) is 28.8 Å². The molecule has 3 N–H and O–H groups in total. The summed E-state index contributed by atoms with van der Waals surface area (Å²) in [5, 5.41) is 14.1. The van der Waals surface area contributed by atoms with Gasteiger partial charge in [0.15, 0.2) is 11.6 Å². The van der Waals surface area contributed by atoms with E-state index in [1.54, 1.807) is 0 Å². The highest BCUT2D eigenvalue weighted by atomic mass is 35.5. The van der Waals surface area contributed by atoms with Crippen LogP contribution >= 0.6 is 11.6 Å². The van der Waals surface area contributed by atoms with Crippen molar-refractivity contribution < 1.29 is 24.2 Å². The predicted octanol–water partition coefficient (Wildman–Crippen LogP) is 0.610. The quantitative estimate of drug-likeness (QED) is 0.659.